The molecule has 0 aliphatic heterocycles. The average Bonchev–Trinajstić information content (AvgIpc) is 3.44. The molecule has 0 unspecified atom stereocenters. The number of benzene rings is 5. The molecule has 0 nitrogen and oxygen atoms in total. The molecule has 5 aromatic carbocycles. The number of rotatable bonds is 0. The highest BCUT2D eigenvalue weighted by molar-refractivity contribution is 7.17. The molecule has 0 aliphatic carbocycles. The minimum atomic E-state index is 0.0888. The van der Waals surface area contributed by atoms with Crippen molar-refractivity contribution in [3.63, 3.8) is 0 Å². The third-order valence-electron chi connectivity index (χ3n) is 7.65. The second-order valence-electron chi connectivity index (χ2n) is 11.9. The normalized spacial score (nSPS) is 13.6. The van der Waals surface area contributed by atoms with E-state index in [-0.39, 0.29) is 10.8 Å². The van der Waals surface area contributed by atoms with Crippen LogP contribution in [-0.4, -0.2) is 0 Å². The molecule has 34 heavy (non-hydrogen) atoms. The zero-order chi connectivity index (χ0) is 23.6. The van der Waals surface area contributed by atoms with E-state index in [0.29, 0.717) is 0 Å². The standard InChI is InChI=1S/C32H28S2/c1-31(2,3)17-11-21-19-7-9-33-27(19)16-26-24-14-18(32(4,5)6)12-22-20-8-10-34-28(20)15-25(30(22)24)23(13-17)29(21)26/h7-16H,1-6H3. The number of fused-ring (bicyclic) bond motifs is 6. The molecule has 2 heterocycles. The Balaban J connectivity index is 1.87. The van der Waals surface area contributed by atoms with Gasteiger partial charge in [0.2, 0.25) is 0 Å². The summed E-state index contributed by atoms with van der Waals surface area (Å²) in [5.74, 6) is 0. The van der Waals surface area contributed by atoms with Gasteiger partial charge < -0.3 is 0 Å². The van der Waals surface area contributed by atoms with E-state index in [0.717, 1.165) is 0 Å². The van der Waals surface area contributed by atoms with Crippen LogP contribution in [0.1, 0.15) is 52.7 Å². The maximum absolute atomic E-state index is 2.48. The molecule has 7 aromatic rings. The third-order valence-corrected chi connectivity index (χ3v) is 9.38. The van der Waals surface area contributed by atoms with Crippen LogP contribution in [0.4, 0.5) is 0 Å². The van der Waals surface area contributed by atoms with Gasteiger partial charge in [0.05, 0.1) is 0 Å². The molecular weight excluding hydrogens is 448 g/mol. The van der Waals surface area contributed by atoms with Gasteiger partial charge in [-0.25, -0.2) is 0 Å². The van der Waals surface area contributed by atoms with E-state index in [1.165, 1.54) is 74.4 Å². The van der Waals surface area contributed by atoms with Crippen molar-refractivity contribution in [1.82, 2.24) is 0 Å². The van der Waals surface area contributed by atoms with Crippen molar-refractivity contribution in [1.29, 1.82) is 0 Å². The van der Waals surface area contributed by atoms with E-state index in [2.05, 4.69) is 101 Å². The van der Waals surface area contributed by atoms with Crippen LogP contribution < -0.4 is 0 Å². The smallest absolute Gasteiger partial charge is 0.0355 e. The van der Waals surface area contributed by atoms with Gasteiger partial charge in [0.25, 0.3) is 0 Å². The summed E-state index contributed by atoms with van der Waals surface area (Å²) in [6.07, 6.45) is 0. The fourth-order valence-corrected chi connectivity index (χ4v) is 7.41. The third kappa shape index (κ3) is 2.70. The van der Waals surface area contributed by atoms with Crippen LogP contribution >= 0.6 is 22.7 Å². The van der Waals surface area contributed by atoms with Crippen molar-refractivity contribution < 1.29 is 0 Å². The first-order chi connectivity index (χ1) is 16.1. The van der Waals surface area contributed by atoms with Crippen LogP contribution in [0.15, 0.2) is 59.3 Å². The van der Waals surface area contributed by atoms with E-state index >= 15 is 0 Å². The Morgan fingerprint density at radius 1 is 0.441 bits per heavy atom. The number of thiophene rings is 2. The summed E-state index contributed by atoms with van der Waals surface area (Å²) in [6, 6.07) is 19.5. The molecule has 2 heteroatoms. The molecule has 0 fully saturated rings. The summed E-state index contributed by atoms with van der Waals surface area (Å²) in [6.45, 7) is 14.0. The molecule has 7 rings (SSSR count). The summed E-state index contributed by atoms with van der Waals surface area (Å²) >= 11 is 3.72. The van der Waals surface area contributed by atoms with Crippen LogP contribution in [0.2, 0.25) is 0 Å². The molecule has 0 saturated carbocycles. The molecule has 0 amide bonds. The van der Waals surface area contributed by atoms with Crippen molar-refractivity contribution in [2.45, 2.75) is 52.4 Å². The molecule has 0 saturated heterocycles. The lowest BCUT2D eigenvalue weighted by Crippen LogP contribution is -2.11. The second-order valence-corrected chi connectivity index (χ2v) is 13.8. The Morgan fingerprint density at radius 3 is 1.12 bits per heavy atom. The largest absolute Gasteiger partial charge is 0.144 e. The van der Waals surface area contributed by atoms with E-state index in [9.17, 15) is 0 Å². The Bertz CT molecular complexity index is 1770. The number of hydrogen-bond acceptors (Lipinski definition) is 2. The van der Waals surface area contributed by atoms with Crippen molar-refractivity contribution in [2.75, 3.05) is 0 Å². The SMILES string of the molecule is CC(C)(C)c1cc2c3ccsc3cc3c4cc(C(C)(C)C)cc5c6ccsc6cc(c(c1)c23)c54. The molecule has 0 radical (unpaired) electrons. The molecule has 0 aliphatic rings. The predicted octanol–water partition coefficient (Wildman–Crippen LogP) is 10.8. The Hall–Kier alpha value is -2.68. The molecule has 0 atom stereocenters. The van der Waals surface area contributed by atoms with Crippen molar-refractivity contribution >= 4 is 85.9 Å². The van der Waals surface area contributed by atoms with Gasteiger partial charge in [-0.15, -0.1) is 22.7 Å². The molecule has 0 spiro atoms. The van der Waals surface area contributed by atoms with Gasteiger partial charge >= 0.3 is 0 Å². The van der Waals surface area contributed by atoms with Crippen LogP contribution in [0.25, 0.3) is 63.3 Å². The lowest BCUT2D eigenvalue weighted by Gasteiger charge is -2.25. The second kappa shape index (κ2) is 6.50. The summed E-state index contributed by atoms with van der Waals surface area (Å²) < 4.78 is 2.77. The Morgan fingerprint density at radius 2 is 0.765 bits per heavy atom. The summed E-state index contributed by atoms with van der Waals surface area (Å²) in [5, 5.41) is 18.5. The van der Waals surface area contributed by atoms with Gasteiger partial charge in [0, 0.05) is 20.2 Å². The lowest BCUT2D eigenvalue weighted by atomic mass is 9.79. The first-order valence-electron chi connectivity index (χ1n) is 12.1. The van der Waals surface area contributed by atoms with E-state index in [4.69, 9.17) is 0 Å². The van der Waals surface area contributed by atoms with Gasteiger partial charge in [-0.05, 0) is 124 Å². The van der Waals surface area contributed by atoms with Crippen molar-refractivity contribution in [3.05, 3.63) is 70.4 Å². The number of hydrogen-bond donors (Lipinski definition) is 0. The summed E-state index contributed by atoms with van der Waals surface area (Å²) in [4.78, 5) is 0. The van der Waals surface area contributed by atoms with Crippen LogP contribution in [0, 0.1) is 0 Å². The molecule has 0 bridgehead atoms. The van der Waals surface area contributed by atoms with Crippen LogP contribution in [-0.2, 0) is 10.8 Å². The van der Waals surface area contributed by atoms with Crippen molar-refractivity contribution in [3.8, 4) is 0 Å². The maximum atomic E-state index is 2.48. The highest BCUT2D eigenvalue weighted by Crippen LogP contribution is 2.48. The quantitative estimate of drug-likeness (QED) is 0.151. The van der Waals surface area contributed by atoms with Gasteiger partial charge in [0.15, 0.2) is 0 Å². The fraction of sp³-hybridized carbons (Fsp3) is 0.250. The van der Waals surface area contributed by atoms with Gasteiger partial charge in [0.1, 0.15) is 0 Å². The lowest BCUT2D eigenvalue weighted by molar-refractivity contribution is 0.591. The first kappa shape index (κ1) is 20.7. The van der Waals surface area contributed by atoms with Gasteiger partial charge in [-0.2, -0.15) is 0 Å². The minimum Gasteiger partial charge on any atom is -0.144 e. The minimum absolute atomic E-state index is 0.0888. The monoisotopic (exact) mass is 476 g/mol. The fourth-order valence-electron chi connectivity index (χ4n) is 5.72. The van der Waals surface area contributed by atoms with Crippen LogP contribution in [0.5, 0.6) is 0 Å². The first-order valence-corrected chi connectivity index (χ1v) is 13.8. The molecular formula is C32H28S2. The highest BCUT2D eigenvalue weighted by Gasteiger charge is 2.23. The summed E-state index contributed by atoms with van der Waals surface area (Å²) in [5.41, 5.74) is 3.00. The van der Waals surface area contributed by atoms with Crippen LogP contribution in [0.3, 0.4) is 0 Å². The van der Waals surface area contributed by atoms with E-state index < -0.39 is 0 Å². The van der Waals surface area contributed by atoms with E-state index in [1.54, 1.807) is 0 Å². The molecule has 0 N–H and O–H groups in total. The average molecular weight is 477 g/mol. The zero-order valence-corrected chi connectivity index (χ0v) is 22.2. The van der Waals surface area contributed by atoms with Gasteiger partial charge in [-0.1, -0.05) is 41.5 Å². The Kier molecular flexibility index (Phi) is 3.95. The molecule has 2 aromatic heterocycles. The Labute approximate surface area is 208 Å². The highest BCUT2D eigenvalue weighted by atomic mass is 32.1. The summed E-state index contributed by atoms with van der Waals surface area (Å²) in [7, 11) is 0. The van der Waals surface area contributed by atoms with Crippen molar-refractivity contribution in [2.24, 2.45) is 0 Å². The topological polar surface area (TPSA) is 0 Å². The maximum Gasteiger partial charge on any atom is 0.0355 e. The zero-order valence-electron chi connectivity index (χ0n) is 20.6. The molecule has 168 valence electrons. The van der Waals surface area contributed by atoms with Gasteiger partial charge in [-0.3, -0.25) is 0 Å². The predicted molar refractivity (Wildman–Crippen MR) is 156 cm³/mol. The van der Waals surface area contributed by atoms with E-state index in [1.807, 2.05) is 22.7 Å².